The lowest BCUT2D eigenvalue weighted by molar-refractivity contribution is 0.0588. The van der Waals surface area contributed by atoms with E-state index in [4.69, 9.17) is 4.74 Å². The first-order chi connectivity index (χ1) is 7.85. The van der Waals surface area contributed by atoms with Gasteiger partial charge in [0.25, 0.3) is 0 Å². The predicted octanol–water partition coefficient (Wildman–Crippen LogP) is 3.02. The van der Waals surface area contributed by atoms with Crippen LogP contribution in [0.3, 0.4) is 0 Å². The molecule has 0 unspecified atom stereocenters. The number of carbonyl (C=O) groups is 1. The summed E-state index contributed by atoms with van der Waals surface area (Å²) in [5.74, 6) is 0.657. The van der Waals surface area contributed by atoms with Crippen molar-refractivity contribution in [2.45, 2.75) is 39.7 Å². The van der Waals surface area contributed by atoms with Gasteiger partial charge in [-0.2, -0.15) is 0 Å². The number of ether oxygens (including phenoxy) is 1. The maximum absolute atomic E-state index is 11.9. The molecule has 0 radical (unpaired) electrons. The standard InChI is InChI=1S/C13H20N2O2/c1-6-10-8-7-9-14-11(10)15(5)12(16)17-13(2,3)4/h7-9H,6H2,1-5H3. The minimum Gasteiger partial charge on any atom is -0.443 e. The monoisotopic (exact) mass is 236 g/mol. The first kappa shape index (κ1) is 13.5. The summed E-state index contributed by atoms with van der Waals surface area (Å²) in [5.41, 5.74) is 0.535. The van der Waals surface area contributed by atoms with Crippen molar-refractivity contribution < 1.29 is 9.53 Å². The molecule has 0 saturated carbocycles. The second kappa shape index (κ2) is 5.17. The average Bonchev–Trinajstić information content (AvgIpc) is 2.25. The highest BCUT2D eigenvalue weighted by Crippen LogP contribution is 2.19. The third-order valence-corrected chi connectivity index (χ3v) is 2.23. The molecular weight excluding hydrogens is 216 g/mol. The van der Waals surface area contributed by atoms with Crippen LogP contribution in [-0.2, 0) is 11.2 Å². The van der Waals surface area contributed by atoms with Crippen LogP contribution < -0.4 is 4.90 Å². The van der Waals surface area contributed by atoms with Gasteiger partial charge in [0, 0.05) is 13.2 Å². The summed E-state index contributed by atoms with van der Waals surface area (Å²) in [5, 5.41) is 0. The van der Waals surface area contributed by atoms with Crippen molar-refractivity contribution in [3.05, 3.63) is 23.9 Å². The van der Waals surface area contributed by atoms with Crippen molar-refractivity contribution in [3.63, 3.8) is 0 Å². The van der Waals surface area contributed by atoms with Crippen molar-refractivity contribution in [1.29, 1.82) is 0 Å². The van der Waals surface area contributed by atoms with Gasteiger partial charge in [0.05, 0.1) is 0 Å². The molecule has 0 N–H and O–H groups in total. The van der Waals surface area contributed by atoms with Gasteiger partial charge >= 0.3 is 6.09 Å². The van der Waals surface area contributed by atoms with Crippen molar-refractivity contribution in [2.24, 2.45) is 0 Å². The van der Waals surface area contributed by atoms with Crippen LogP contribution in [0.5, 0.6) is 0 Å². The van der Waals surface area contributed by atoms with E-state index in [9.17, 15) is 4.79 Å². The van der Waals surface area contributed by atoms with E-state index in [1.54, 1.807) is 13.2 Å². The highest BCUT2D eigenvalue weighted by atomic mass is 16.6. The van der Waals surface area contributed by atoms with Crippen LogP contribution in [-0.4, -0.2) is 23.7 Å². The third-order valence-electron chi connectivity index (χ3n) is 2.23. The van der Waals surface area contributed by atoms with Crippen molar-refractivity contribution in [1.82, 2.24) is 4.98 Å². The molecule has 1 rings (SSSR count). The van der Waals surface area contributed by atoms with E-state index in [2.05, 4.69) is 4.98 Å². The Morgan fingerprint density at radius 3 is 2.65 bits per heavy atom. The number of aryl methyl sites for hydroxylation is 1. The summed E-state index contributed by atoms with van der Waals surface area (Å²) in [6.45, 7) is 7.57. The van der Waals surface area contributed by atoms with E-state index in [-0.39, 0.29) is 6.09 Å². The van der Waals surface area contributed by atoms with Gasteiger partial charge in [-0.25, -0.2) is 9.78 Å². The van der Waals surface area contributed by atoms with Gasteiger partial charge < -0.3 is 4.74 Å². The largest absolute Gasteiger partial charge is 0.443 e. The minimum atomic E-state index is -0.494. The second-order valence-corrected chi connectivity index (χ2v) is 4.88. The number of rotatable bonds is 2. The second-order valence-electron chi connectivity index (χ2n) is 4.88. The van der Waals surface area contributed by atoms with E-state index in [0.717, 1.165) is 12.0 Å². The molecular formula is C13H20N2O2. The van der Waals surface area contributed by atoms with Crippen LogP contribution in [0.2, 0.25) is 0 Å². The lowest BCUT2D eigenvalue weighted by Crippen LogP contribution is -2.35. The zero-order valence-electron chi connectivity index (χ0n) is 11.2. The Kier molecular flexibility index (Phi) is 4.10. The van der Waals surface area contributed by atoms with Crippen molar-refractivity contribution >= 4 is 11.9 Å². The quantitative estimate of drug-likeness (QED) is 0.792. The normalized spacial score (nSPS) is 11.1. The Labute approximate surface area is 103 Å². The number of nitrogens with zero attached hydrogens (tertiary/aromatic N) is 2. The summed E-state index contributed by atoms with van der Waals surface area (Å²) in [6, 6.07) is 3.83. The molecule has 1 heterocycles. The maximum atomic E-state index is 11.9. The number of hydrogen-bond acceptors (Lipinski definition) is 3. The Bertz CT molecular complexity index is 397. The van der Waals surface area contributed by atoms with Crippen LogP contribution >= 0.6 is 0 Å². The van der Waals surface area contributed by atoms with Gasteiger partial charge in [-0.1, -0.05) is 13.0 Å². The highest BCUT2D eigenvalue weighted by Gasteiger charge is 2.22. The first-order valence-electron chi connectivity index (χ1n) is 5.75. The lowest BCUT2D eigenvalue weighted by Gasteiger charge is -2.25. The molecule has 4 nitrogen and oxygen atoms in total. The van der Waals surface area contributed by atoms with Crippen LogP contribution in [0.25, 0.3) is 0 Å². The number of aromatic nitrogens is 1. The molecule has 0 atom stereocenters. The summed E-state index contributed by atoms with van der Waals surface area (Å²) in [6.07, 6.45) is 2.12. The van der Waals surface area contributed by atoms with Crippen LogP contribution in [0.15, 0.2) is 18.3 Å². The number of anilines is 1. The number of carbonyl (C=O) groups excluding carboxylic acids is 1. The summed E-state index contributed by atoms with van der Waals surface area (Å²) in [4.78, 5) is 17.6. The fraction of sp³-hybridized carbons (Fsp3) is 0.538. The minimum absolute atomic E-state index is 0.383. The number of amides is 1. The molecule has 0 fully saturated rings. The Balaban J connectivity index is 2.89. The molecule has 0 aliphatic rings. The SMILES string of the molecule is CCc1cccnc1N(C)C(=O)OC(C)(C)C. The number of pyridine rings is 1. The first-order valence-corrected chi connectivity index (χ1v) is 5.75. The summed E-state index contributed by atoms with van der Waals surface area (Å²) < 4.78 is 5.30. The van der Waals surface area contributed by atoms with Crippen LogP contribution in [0.1, 0.15) is 33.3 Å². The molecule has 0 saturated heterocycles. The number of hydrogen-bond donors (Lipinski definition) is 0. The molecule has 0 aliphatic heterocycles. The molecule has 17 heavy (non-hydrogen) atoms. The van der Waals surface area contributed by atoms with E-state index >= 15 is 0 Å². The highest BCUT2D eigenvalue weighted by molar-refractivity contribution is 5.86. The Morgan fingerprint density at radius 2 is 2.12 bits per heavy atom. The fourth-order valence-electron chi connectivity index (χ4n) is 1.43. The maximum Gasteiger partial charge on any atom is 0.415 e. The van der Waals surface area contributed by atoms with Crippen LogP contribution in [0, 0.1) is 0 Å². The van der Waals surface area contributed by atoms with E-state index in [0.29, 0.717) is 5.82 Å². The van der Waals surface area contributed by atoms with E-state index < -0.39 is 5.60 Å². The van der Waals surface area contributed by atoms with Gasteiger partial charge in [0.2, 0.25) is 0 Å². The molecule has 94 valence electrons. The van der Waals surface area contributed by atoms with Crippen LogP contribution in [0.4, 0.5) is 10.6 Å². The van der Waals surface area contributed by atoms with Gasteiger partial charge in [0.1, 0.15) is 11.4 Å². The zero-order valence-corrected chi connectivity index (χ0v) is 11.2. The van der Waals surface area contributed by atoms with Gasteiger partial charge in [-0.15, -0.1) is 0 Å². The smallest absolute Gasteiger partial charge is 0.415 e. The van der Waals surface area contributed by atoms with Gasteiger partial charge in [0.15, 0.2) is 0 Å². The molecule has 1 aromatic rings. The van der Waals surface area contributed by atoms with Gasteiger partial charge in [-0.05, 0) is 38.8 Å². The fourth-order valence-corrected chi connectivity index (χ4v) is 1.43. The van der Waals surface area contributed by atoms with Crippen molar-refractivity contribution in [3.8, 4) is 0 Å². The molecule has 0 aliphatic carbocycles. The third kappa shape index (κ3) is 3.73. The Hall–Kier alpha value is -1.58. The molecule has 0 aromatic carbocycles. The average molecular weight is 236 g/mol. The predicted molar refractivity (Wildman–Crippen MR) is 68.3 cm³/mol. The molecule has 1 amide bonds. The molecule has 0 spiro atoms. The molecule has 0 bridgehead atoms. The molecule has 1 aromatic heterocycles. The summed E-state index contributed by atoms with van der Waals surface area (Å²) >= 11 is 0. The Morgan fingerprint density at radius 1 is 1.47 bits per heavy atom. The zero-order chi connectivity index (χ0) is 13.1. The summed E-state index contributed by atoms with van der Waals surface area (Å²) in [7, 11) is 1.68. The molecule has 4 heteroatoms. The van der Waals surface area contributed by atoms with Crippen molar-refractivity contribution in [2.75, 3.05) is 11.9 Å². The lowest BCUT2D eigenvalue weighted by atomic mass is 10.2. The van der Waals surface area contributed by atoms with E-state index in [1.165, 1.54) is 4.90 Å². The van der Waals surface area contributed by atoms with Gasteiger partial charge in [-0.3, -0.25) is 4.90 Å². The topological polar surface area (TPSA) is 42.4 Å². The van der Waals surface area contributed by atoms with E-state index in [1.807, 2.05) is 39.8 Å².